The van der Waals surface area contributed by atoms with Crippen molar-refractivity contribution in [3.8, 4) is 0 Å². The third kappa shape index (κ3) is 6.73. The number of hydrogen-bond donors (Lipinski definition) is 0. The van der Waals surface area contributed by atoms with Gasteiger partial charge in [0.05, 0.1) is 19.0 Å². The molecule has 23 heavy (non-hydrogen) atoms. The van der Waals surface area contributed by atoms with E-state index in [1.807, 2.05) is 39.8 Å². The molecule has 4 nitrogen and oxygen atoms in total. The Morgan fingerprint density at radius 1 is 1.26 bits per heavy atom. The lowest BCUT2D eigenvalue weighted by atomic mass is 10.2. The standard InChI is InChI=1S/C15H23ClNO3PS2/c1-5-19-21(22,20-6-2)23-11-15(18)17(12(3)4)14-9-7-13(16)8-10-14/h7-10,12H,5-6,11H2,1-4H3. The number of carbonyl (C=O) groups is 1. The van der Waals surface area contributed by atoms with Gasteiger partial charge in [-0.05, 0) is 63.8 Å². The molecule has 0 aliphatic carbocycles. The SMILES string of the molecule is CCOP(=S)(OCC)SCC(=O)N(c1ccc(Cl)cc1)C(C)C. The largest absolute Gasteiger partial charge is 0.322 e. The summed E-state index contributed by atoms with van der Waals surface area (Å²) < 4.78 is 11.1. The lowest BCUT2D eigenvalue weighted by molar-refractivity contribution is -0.116. The van der Waals surface area contributed by atoms with E-state index in [-0.39, 0.29) is 17.7 Å². The smallest absolute Gasteiger partial charge is 0.247 e. The molecular formula is C15H23ClNO3PS2. The van der Waals surface area contributed by atoms with Crippen LogP contribution in [0.5, 0.6) is 0 Å². The minimum Gasteiger partial charge on any atom is -0.322 e. The Hall–Kier alpha value is -0.100. The molecule has 0 aromatic heterocycles. The van der Waals surface area contributed by atoms with Gasteiger partial charge in [0.1, 0.15) is 0 Å². The Morgan fingerprint density at radius 2 is 1.78 bits per heavy atom. The minimum absolute atomic E-state index is 0.0269. The number of benzene rings is 1. The average molecular weight is 396 g/mol. The maximum absolute atomic E-state index is 12.7. The summed E-state index contributed by atoms with van der Waals surface area (Å²) in [6.45, 7) is 8.64. The zero-order valence-corrected chi connectivity index (χ0v) is 17.1. The first-order valence-electron chi connectivity index (χ1n) is 7.44. The molecule has 1 rings (SSSR count). The van der Waals surface area contributed by atoms with Crippen LogP contribution in [0.2, 0.25) is 5.02 Å². The summed E-state index contributed by atoms with van der Waals surface area (Å²) in [5.41, 5.74) is -1.65. The van der Waals surface area contributed by atoms with E-state index in [4.69, 9.17) is 32.5 Å². The van der Waals surface area contributed by atoms with Crippen molar-refractivity contribution in [2.45, 2.75) is 33.7 Å². The van der Waals surface area contributed by atoms with E-state index in [1.54, 1.807) is 17.0 Å². The molecule has 0 radical (unpaired) electrons. The Morgan fingerprint density at radius 3 is 2.22 bits per heavy atom. The molecule has 0 saturated heterocycles. The highest BCUT2D eigenvalue weighted by atomic mass is 35.5. The summed E-state index contributed by atoms with van der Waals surface area (Å²) in [6, 6.07) is 7.26. The van der Waals surface area contributed by atoms with Crippen molar-refractivity contribution in [3.63, 3.8) is 0 Å². The Kier molecular flexibility index (Phi) is 9.12. The van der Waals surface area contributed by atoms with Gasteiger partial charge in [-0.15, -0.1) is 0 Å². The second-order valence-corrected chi connectivity index (χ2v) is 11.6. The van der Waals surface area contributed by atoms with Crippen molar-refractivity contribution in [2.75, 3.05) is 23.9 Å². The van der Waals surface area contributed by atoms with Crippen molar-refractivity contribution in [1.82, 2.24) is 0 Å². The highest BCUT2D eigenvalue weighted by Crippen LogP contribution is 2.60. The van der Waals surface area contributed by atoms with Crippen LogP contribution >= 0.6 is 28.7 Å². The van der Waals surface area contributed by atoms with Crippen molar-refractivity contribution in [1.29, 1.82) is 0 Å². The lowest BCUT2D eigenvalue weighted by Gasteiger charge is -2.28. The third-order valence-corrected chi connectivity index (χ3v) is 8.45. The van der Waals surface area contributed by atoms with Crippen molar-refractivity contribution < 1.29 is 13.8 Å². The molecule has 0 heterocycles. The highest BCUT2D eigenvalue weighted by molar-refractivity contribution is 8.68. The predicted octanol–water partition coefficient (Wildman–Crippen LogP) is 5.11. The normalized spacial score (nSPS) is 11.7. The van der Waals surface area contributed by atoms with Gasteiger partial charge in [0.15, 0.2) is 0 Å². The van der Waals surface area contributed by atoms with Gasteiger partial charge in [0, 0.05) is 16.8 Å². The van der Waals surface area contributed by atoms with Crippen LogP contribution in [0.15, 0.2) is 24.3 Å². The first-order chi connectivity index (χ1) is 10.8. The summed E-state index contributed by atoms with van der Waals surface area (Å²) in [5.74, 6) is 0.193. The second kappa shape index (κ2) is 10.0. The van der Waals surface area contributed by atoms with Gasteiger partial charge in [-0.3, -0.25) is 4.79 Å². The van der Waals surface area contributed by atoms with E-state index in [0.29, 0.717) is 18.2 Å². The zero-order valence-electron chi connectivity index (χ0n) is 13.8. The molecule has 0 N–H and O–H groups in total. The van der Waals surface area contributed by atoms with Crippen LogP contribution < -0.4 is 4.90 Å². The molecule has 8 heteroatoms. The van der Waals surface area contributed by atoms with Gasteiger partial charge in [-0.2, -0.15) is 0 Å². The quantitative estimate of drug-likeness (QED) is 0.543. The number of hydrogen-bond acceptors (Lipinski definition) is 5. The molecule has 0 aliphatic heterocycles. The number of halogens is 1. The van der Waals surface area contributed by atoms with Crippen LogP contribution in [0.25, 0.3) is 0 Å². The van der Waals surface area contributed by atoms with E-state index < -0.39 is 5.69 Å². The Balaban J connectivity index is 2.83. The monoisotopic (exact) mass is 395 g/mol. The van der Waals surface area contributed by atoms with E-state index in [1.165, 1.54) is 11.4 Å². The third-order valence-electron chi connectivity index (χ3n) is 2.81. The minimum atomic E-state index is -2.46. The molecule has 0 aliphatic rings. The van der Waals surface area contributed by atoms with Crippen LogP contribution in [0, 0.1) is 0 Å². The fourth-order valence-corrected chi connectivity index (χ4v) is 6.35. The fourth-order valence-electron chi connectivity index (χ4n) is 1.96. The molecule has 0 unspecified atom stereocenters. The van der Waals surface area contributed by atoms with Gasteiger partial charge in [-0.25, -0.2) is 0 Å². The van der Waals surface area contributed by atoms with Gasteiger partial charge < -0.3 is 13.9 Å². The maximum Gasteiger partial charge on any atom is 0.247 e. The van der Waals surface area contributed by atoms with E-state index >= 15 is 0 Å². The van der Waals surface area contributed by atoms with E-state index in [0.717, 1.165) is 5.69 Å². The van der Waals surface area contributed by atoms with Gasteiger partial charge >= 0.3 is 0 Å². The maximum atomic E-state index is 12.7. The predicted molar refractivity (Wildman–Crippen MR) is 104 cm³/mol. The zero-order chi connectivity index (χ0) is 17.5. The summed E-state index contributed by atoms with van der Waals surface area (Å²) >= 11 is 12.7. The van der Waals surface area contributed by atoms with Crippen LogP contribution in [0.4, 0.5) is 5.69 Å². The first-order valence-corrected chi connectivity index (χ1v) is 12.0. The summed E-state index contributed by atoms with van der Waals surface area (Å²) in [4.78, 5) is 14.4. The molecule has 1 amide bonds. The van der Waals surface area contributed by atoms with Crippen molar-refractivity contribution >= 4 is 52.1 Å². The van der Waals surface area contributed by atoms with Crippen molar-refractivity contribution in [2.24, 2.45) is 0 Å². The topological polar surface area (TPSA) is 38.8 Å². The van der Waals surface area contributed by atoms with Gasteiger partial charge in [0.2, 0.25) is 11.6 Å². The van der Waals surface area contributed by atoms with Gasteiger partial charge in [0.25, 0.3) is 0 Å². The number of rotatable bonds is 9. The van der Waals surface area contributed by atoms with Gasteiger partial charge in [-0.1, -0.05) is 23.0 Å². The molecule has 0 fully saturated rings. The van der Waals surface area contributed by atoms with E-state index in [2.05, 4.69) is 0 Å². The molecule has 1 aromatic rings. The highest BCUT2D eigenvalue weighted by Gasteiger charge is 2.25. The number of nitrogens with zero attached hydrogens (tertiary/aromatic N) is 1. The first kappa shape index (κ1) is 20.9. The molecular weight excluding hydrogens is 373 g/mol. The van der Waals surface area contributed by atoms with Crippen LogP contribution in [0.1, 0.15) is 27.7 Å². The number of anilines is 1. The van der Waals surface area contributed by atoms with Crippen molar-refractivity contribution in [3.05, 3.63) is 29.3 Å². The Labute approximate surface area is 152 Å². The molecule has 0 bridgehead atoms. The molecule has 0 atom stereocenters. The van der Waals surface area contributed by atoms with Crippen LogP contribution in [0.3, 0.4) is 0 Å². The lowest BCUT2D eigenvalue weighted by Crippen LogP contribution is -2.38. The molecule has 130 valence electrons. The van der Waals surface area contributed by atoms with Crippen LogP contribution in [-0.4, -0.2) is 30.9 Å². The number of carbonyl (C=O) groups excluding carboxylic acids is 1. The Bertz CT molecular complexity index is 544. The molecule has 1 aromatic carbocycles. The molecule has 0 saturated carbocycles. The fraction of sp³-hybridized carbons (Fsp3) is 0.533. The number of amides is 1. The second-order valence-electron chi connectivity index (χ2n) is 4.89. The summed E-state index contributed by atoms with van der Waals surface area (Å²) in [6.07, 6.45) is 0. The summed E-state index contributed by atoms with van der Waals surface area (Å²) in [5, 5.41) is 0.641. The molecule has 0 spiro atoms. The van der Waals surface area contributed by atoms with E-state index in [9.17, 15) is 4.79 Å². The average Bonchev–Trinajstić information content (AvgIpc) is 2.48. The van der Waals surface area contributed by atoms with Crippen LogP contribution in [-0.2, 0) is 25.6 Å². The summed E-state index contributed by atoms with van der Waals surface area (Å²) in [7, 11) is 0.